The predicted octanol–water partition coefficient (Wildman–Crippen LogP) is 2.61. The van der Waals surface area contributed by atoms with E-state index in [-0.39, 0.29) is 5.91 Å². The second-order valence-corrected chi connectivity index (χ2v) is 5.91. The van der Waals surface area contributed by atoms with E-state index in [4.69, 9.17) is 0 Å². The number of rotatable bonds is 6. The molecule has 0 heterocycles. The largest absolute Gasteiger partial charge is 0.352 e. The van der Waals surface area contributed by atoms with Gasteiger partial charge in [0.1, 0.15) is 0 Å². The third-order valence-corrected chi connectivity index (χ3v) is 4.29. The smallest absolute Gasteiger partial charge is 0.251 e. The maximum atomic E-state index is 12.0. The van der Waals surface area contributed by atoms with Crippen molar-refractivity contribution in [2.45, 2.75) is 11.3 Å². The minimum Gasteiger partial charge on any atom is -0.352 e. The summed E-state index contributed by atoms with van der Waals surface area (Å²) in [6.07, 6.45) is 0.695. The zero-order chi connectivity index (χ0) is 14.2. The quantitative estimate of drug-likeness (QED) is 0.830. The highest BCUT2D eigenvalue weighted by Crippen LogP contribution is 2.06. The number of carbonyl (C=O) groups excluding carboxylic acids is 1. The van der Waals surface area contributed by atoms with Gasteiger partial charge in [-0.05, 0) is 30.7 Å². The van der Waals surface area contributed by atoms with E-state index < -0.39 is 10.8 Å². The lowest BCUT2D eigenvalue weighted by molar-refractivity contribution is 0.0954. The molecule has 0 fully saturated rings. The summed E-state index contributed by atoms with van der Waals surface area (Å²) < 4.78 is 12.0. The van der Waals surface area contributed by atoms with Gasteiger partial charge in [-0.25, -0.2) is 0 Å². The van der Waals surface area contributed by atoms with E-state index in [1.165, 1.54) is 0 Å². The average Bonchev–Trinajstić information content (AvgIpc) is 2.53. The summed E-state index contributed by atoms with van der Waals surface area (Å²) in [6, 6.07) is 18.5. The fourth-order valence-corrected chi connectivity index (χ4v) is 2.89. The third kappa shape index (κ3) is 4.31. The van der Waals surface area contributed by atoms with Crippen LogP contribution in [0.2, 0.25) is 0 Å². The van der Waals surface area contributed by atoms with Gasteiger partial charge in [0.15, 0.2) is 0 Å². The zero-order valence-corrected chi connectivity index (χ0v) is 11.9. The average molecular weight is 287 g/mol. The van der Waals surface area contributed by atoms with E-state index in [0.717, 1.165) is 4.90 Å². The van der Waals surface area contributed by atoms with Crippen LogP contribution in [0.25, 0.3) is 0 Å². The van der Waals surface area contributed by atoms with E-state index in [1.54, 1.807) is 12.1 Å². The molecular weight excluding hydrogens is 270 g/mol. The molecule has 4 heteroatoms. The Balaban J connectivity index is 1.72. The first-order chi connectivity index (χ1) is 9.77. The van der Waals surface area contributed by atoms with Crippen molar-refractivity contribution in [1.82, 2.24) is 5.32 Å². The molecule has 0 aliphatic heterocycles. The minimum atomic E-state index is -0.994. The second-order valence-electron chi connectivity index (χ2n) is 4.34. The standard InChI is InChI=1S/C16H17NO2S/c18-16(14-8-3-1-4-9-14)17-12-7-13-20(19)15-10-5-2-6-11-15/h1-6,8-11H,7,12-13H2,(H,17,18). The van der Waals surface area contributed by atoms with Crippen LogP contribution in [0.1, 0.15) is 16.8 Å². The molecule has 1 atom stereocenters. The molecule has 20 heavy (non-hydrogen) atoms. The van der Waals surface area contributed by atoms with Crippen LogP contribution in [0.5, 0.6) is 0 Å². The number of carbonyl (C=O) groups is 1. The van der Waals surface area contributed by atoms with Crippen molar-refractivity contribution < 1.29 is 9.00 Å². The summed E-state index contributed by atoms with van der Waals surface area (Å²) in [5, 5.41) is 2.83. The van der Waals surface area contributed by atoms with Gasteiger partial charge in [0.2, 0.25) is 0 Å². The summed E-state index contributed by atoms with van der Waals surface area (Å²) in [4.78, 5) is 12.6. The van der Waals surface area contributed by atoms with Crippen LogP contribution < -0.4 is 5.32 Å². The number of benzene rings is 2. The molecule has 2 aromatic rings. The van der Waals surface area contributed by atoms with Gasteiger partial charge in [-0.2, -0.15) is 0 Å². The second kappa shape index (κ2) is 7.60. The van der Waals surface area contributed by atoms with Gasteiger partial charge in [0, 0.05) is 22.8 Å². The van der Waals surface area contributed by atoms with Gasteiger partial charge in [0.25, 0.3) is 5.91 Å². The first-order valence-corrected chi connectivity index (χ1v) is 7.86. The lowest BCUT2D eigenvalue weighted by Gasteiger charge is -2.05. The van der Waals surface area contributed by atoms with Crippen LogP contribution in [-0.2, 0) is 10.8 Å². The van der Waals surface area contributed by atoms with Crippen molar-refractivity contribution in [3.63, 3.8) is 0 Å². The SMILES string of the molecule is O=C(NCCCS(=O)c1ccccc1)c1ccccc1. The van der Waals surface area contributed by atoms with Crippen molar-refractivity contribution in [3.05, 3.63) is 66.2 Å². The van der Waals surface area contributed by atoms with Crippen molar-refractivity contribution in [1.29, 1.82) is 0 Å². The van der Waals surface area contributed by atoms with Crippen molar-refractivity contribution in [2.75, 3.05) is 12.3 Å². The lowest BCUT2D eigenvalue weighted by Crippen LogP contribution is -2.25. The van der Waals surface area contributed by atoms with E-state index in [0.29, 0.717) is 24.3 Å². The summed E-state index contributed by atoms with van der Waals surface area (Å²) in [5.41, 5.74) is 0.650. The maximum absolute atomic E-state index is 12.0. The summed E-state index contributed by atoms with van der Waals surface area (Å²) >= 11 is 0. The van der Waals surface area contributed by atoms with Crippen molar-refractivity contribution in [2.24, 2.45) is 0 Å². The van der Waals surface area contributed by atoms with Gasteiger partial charge in [-0.3, -0.25) is 9.00 Å². The number of hydrogen-bond donors (Lipinski definition) is 1. The molecule has 104 valence electrons. The molecule has 2 rings (SSSR count). The van der Waals surface area contributed by atoms with Crippen LogP contribution >= 0.6 is 0 Å². The van der Waals surface area contributed by atoms with E-state index >= 15 is 0 Å². The van der Waals surface area contributed by atoms with E-state index in [1.807, 2.05) is 48.5 Å². The highest BCUT2D eigenvalue weighted by Gasteiger charge is 2.05. The monoisotopic (exact) mass is 287 g/mol. The Labute approximate surface area is 121 Å². The van der Waals surface area contributed by atoms with Crippen LogP contribution in [0.4, 0.5) is 0 Å². The van der Waals surface area contributed by atoms with Gasteiger partial charge < -0.3 is 5.32 Å². The number of amides is 1. The normalized spacial score (nSPS) is 11.8. The molecule has 3 nitrogen and oxygen atoms in total. The fraction of sp³-hybridized carbons (Fsp3) is 0.188. The van der Waals surface area contributed by atoms with Crippen LogP contribution in [0, 0.1) is 0 Å². The Hall–Kier alpha value is -1.94. The molecule has 0 saturated heterocycles. The zero-order valence-electron chi connectivity index (χ0n) is 11.1. The van der Waals surface area contributed by atoms with Gasteiger partial charge in [-0.1, -0.05) is 36.4 Å². The van der Waals surface area contributed by atoms with Gasteiger partial charge in [0.05, 0.1) is 10.8 Å². The molecule has 1 unspecified atom stereocenters. The van der Waals surface area contributed by atoms with Crippen LogP contribution in [-0.4, -0.2) is 22.4 Å². The minimum absolute atomic E-state index is 0.0870. The lowest BCUT2D eigenvalue weighted by atomic mass is 10.2. The highest BCUT2D eigenvalue weighted by atomic mass is 32.2. The summed E-state index contributed by atoms with van der Waals surface area (Å²) in [6.45, 7) is 0.534. The molecule has 1 N–H and O–H groups in total. The molecule has 2 aromatic carbocycles. The highest BCUT2D eigenvalue weighted by molar-refractivity contribution is 7.85. The molecule has 0 spiro atoms. The Bertz CT molecular complexity index is 516. The Morgan fingerprint density at radius 2 is 1.55 bits per heavy atom. The Morgan fingerprint density at radius 1 is 0.950 bits per heavy atom. The third-order valence-electron chi connectivity index (χ3n) is 2.83. The van der Waals surface area contributed by atoms with Crippen LogP contribution in [0.15, 0.2) is 65.6 Å². The van der Waals surface area contributed by atoms with Crippen molar-refractivity contribution in [3.8, 4) is 0 Å². The summed E-state index contributed by atoms with van der Waals surface area (Å²) in [5.74, 6) is 0.468. The first-order valence-electron chi connectivity index (χ1n) is 6.54. The molecule has 0 saturated carbocycles. The maximum Gasteiger partial charge on any atom is 0.251 e. The Morgan fingerprint density at radius 3 is 2.20 bits per heavy atom. The fourth-order valence-electron chi connectivity index (χ4n) is 1.79. The molecule has 0 aromatic heterocycles. The molecule has 0 bridgehead atoms. The first kappa shape index (κ1) is 14.5. The predicted molar refractivity (Wildman–Crippen MR) is 81.1 cm³/mol. The van der Waals surface area contributed by atoms with Crippen molar-refractivity contribution >= 4 is 16.7 Å². The summed E-state index contributed by atoms with van der Waals surface area (Å²) in [7, 11) is -0.994. The molecule has 0 radical (unpaired) electrons. The topological polar surface area (TPSA) is 46.2 Å². The molecular formula is C16H17NO2S. The van der Waals surface area contributed by atoms with E-state index in [9.17, 15) is 9.00 Å². The number of nitrogens with one attached hydrogen (secondary N) is 1. The molecule has 0 aliphatic rings. The number of hydrogen-bond acceptors (Lipinski definition) is 2. The van der Waals surface area contributed by atoms with Crippen LogP contribution in [0.3, 0.4) is 0 Å². The molecule has 1 amide bonds. The van der Waals surface area contributed by atoms with Gasteiger partial charge in [-0.15, -0.1) is 0 Å². The van der Waals surface area contributed by atoms with E-state index in [2.05, 4.69) is 5.32 Å². The van der Waals surface area contributed by atoms with Gasteiger partial charge >= 0.3 is 0 Å². The Kier molecular flexibility index (Phi) is 5.50. The molecule has 0 aliphatic carbocycles.